The van der Waals surface area contributed by atoms with Crippen molar-refractivity contribution in [1.29, 1.82) is 0 Å². The van der Waals surface area contributed by atoms with E-state index in [1.54, 1.807) is 11.3 Å². The highest BCUT2D eigenvalue weighted by atomic mass is 127. The Labute approximate surface area is 174 Å². The number of aromatic nitrogens is 1. The van der Waals surface area contributed by atoms with Gasteiger partial charge in [-0.05, 0) is 59.0 Å². The van der Waals surface area contributed by atoms with E-state index in [2.05, 4.69) is 50.1 Å². The third-order valence-electron chi connectivity index (χ3n) is 4.75. The highest BCUT2D eigenvalue weighted by molar-refractivity contribution is 14.1. The van der Waals surface area contributed by atoms with Gasteiger partial charge in [0, 0.05) is 31.2 Å². The number of nitrogens with zero attached hydrogens (tertiary/aromatic N) is 1. The van der Waals surface area contributed by atoms with Gasteiger partial charge in [0.15, 0.2) is 0 Å². The average molecular weight is 485 g/mol. The number of carbonyl (C=O) groups excluding carboxylic acids is 1. The van der Waals surface area contributed by atoms with E-state index in [9.17, 15) is 4.79 Å². The average Bonchev–Trinajstić information content (AvgIpc) is 3.34. The van der Waals surface area contributed by atoms with Crippen molar-refractivity contribution in [2.24, 2.45) is 0 Å². The van der Waals surface area contributed by atoms with E-state index in [0.717, 1.165) is 49.6 Å². The van der Waals surface area contributed by atoms with Crippen molar-refractivity contribution in [3.8, 4) is 0 Å². The summed E-state index contributed by atoms with van der Waals surface area (Å²) in [4.78, 5) is 17.6. The van der Waals surface area contributed by atoms with Crippen LogP contribution in [0.25, 0.3) is 21.7 Å². The van der Waals surface area contributed by atoms with Gasteiger partial charge in [-0.3, -0.25) is 4.79 Å². The minimum atomic E-state index is -0.0366. The second-order valence-electron chi connectivity index (χ2n) is 6.71. The van der Waals surface area contributed by atoms with Gasteiger partial charge in [-0.1, -0.05) is 24.3 Å². The molecule has 1 aliphatic rings. The van der Waals surface area contributed by atoms with Gasteiger partial charge < -0.3 is 10.6 Å². The zero-order chi connectivity index (χ0) is 18.4. The number of rotatable bonds is 4. The van der Waals surface area contributed by atoms with Crippen LogP contribution >= 0.6 is 33.9 Å². The largest absolute Gasteiger partial charge is 0.349 e. The molecule has 4 nitrogen and oxygen atoms in total. The molecule has 0 unspecified atom stereocenters. The van der Waals surface area contributed by atoms with Gasteiger partial charge >= 0.3 is 0 Å². The smallest absolute Gasteiger partial charge is 0.253 e. The first-order valence-electron chi connectivity index (χ1n) is 8.82. The molecule has 1 aliphatic carbocycles. The molecule has 0 spiro atoms. The summed E-state index contributed by atoms with van der Waals surface area (Å²) < 4.78 is 1.13. The maximum atomic E-state index is 12.7. The van der Waals surface area contributed by atoms with Crippen molar-refractivity contribution in [2.75, 3.05) is 5.32 Å². The lowest BCUT2D eigenvalue weighted by Crippen LogP contribution is -2.25. The molecule has 27 heavy (non-hydrogen) atoms. The summed E-state index contributed by atoms with van der Waals surface area (Å²) >= 11 is 3.96. The molecule has 6 heteroatoms. The van der Waals surface area contributed by atoms with E-state index < -0.39 is 0 Å². The van der Waals surface area contributed by atoms with Crippen LogP contribution in [0.4, 0.5) is 11.5 Å². The Morgan fingerprint density at radius 2 is 1.85 bits per heavy atom. The van der Waals surface area contributed by atoms with Gasteiger partial charge in [-0.15, -0.1) is 0 Å². The second-order valence-corrected chi connectivity index (χ2v) is 8.62. The van der Waals surface area contributed by atoms with Crippen molar-refractivity contribution >= 4 is 73.0 Å². The molecule has 2 heterocycles. The Bertz CT molecular complexity index is 1180. The van der Waals surface area contributed by atoms with Crippen LogP contribution in [0.3, 0.4) is 0 Å². The summed E-state index contributed by atoms with van der Waals surface area (Å²) in [6, 6.07) is 14.3. The van der Waals surface area contributed by atoms with Crippen molar-refractivity contribution in [2.45, 2.75) is 18.9 Å². The third-order valence-corrected chi connectivity index (χ3v) is 6.44. The summed E-state index contributed by atoms with van der Waals surface area (Å²) in [6.45, 7) is 0. The van der Waals surface area contributed by atoms with E-state index in [4.69, 9.17) is 4.98 Å². The Hall–Kier alpha value is -2.19. The van der Waals surface area contributed by atoms with E-state index in [-0.39, 0.29) is 5.91 Å². The topological polar surface area (TPSA) is 54.0 Å². The maximum absolute atomic E-state index is 12.7. The molecule has 0 bridgehead atoms. The first kappa shape index (κ1) is 16.9. The molecule has 0 saturated heterocycles. The fourth-order valence-electron chi connectivity index (χ4n) is 3.20. The Balaban J connectivity index is 1.69. The Morgan fingerprint density at radius 3 is 2.67 bits per heavy atom. The van der Waals surface area contributed by atoms with Crippen LogP contribution in [0.1, 0.15) is 23.2 Å². The Kier molecular flexibility index (Phi) is 4.24. The molecule has 2 aromatic carbocycles. The van der Waals surface area contributed by atoms with Gasteiger partial charge in [0.1, 0.15) is 5.82 Å². The lowest BCUT2D eigenvalue weighted by molar-refractivity contribution is 0.0952. The maximum Gasteiger partial charge on any atom is 0.253 e. The van der Waals surface area contributed by atoms with Crippen LogP contribution in [-0.2, 0) is 0 Å². The predicted molar refractivity (Wildman–Crippen MR) is 120 cm³/mol. The van der Waals surface area contributed by atoms with Crippen LogP contribution in [0.5, 0.6) is 0 Å². The van der Waals surface area contributed by atoms with Gasteiger partial charge in [0.2, 0.25) is 0 Å². The van der Waals surface area contributed by atoms with E-state index in [1.165, 1.54) is 0 Å². The van der Waals surface area contributed by atoms with Gasteiger partial charge in [0.05, 0.1) is 16.8 Å². The number of para-hydroxylation sites is 2. The minimum absolute atomic E-state index is 0.0366. The normalized spacial score (nSPS) is 13.8. The summed E-state index contributed by atoms with van der Waals surface area (Å²) in [5, 5.41) is 14.0. The summed E-state index contributed by atoms with van der Waals surface area (Å²) in [5.74, 6) is 0.750. The van der Waals surface area contributed by atoms with Gasteiger partial charge in [-0.25, -0.2) is 4.98 Å². The van der Waals surface area contributed by atoms with Gasteiger partial charge in [-0.2, -0.15) is 11.3 Å². The molecular weight excluding hydrogens is 469 g/mol. The SMILES string of the molecule is O=C(NC1CC1)c1cccc2c1nc(Nc1ccccc1I)c1cscc12. The number of carbonyl (C=O) groups is 1. The molecule has 1 saturated carbocycles. The van der Waals surface area contributed by atoms with Crippen LogP contribution in [0.2, 0.25) is 0 Å². The number of nitrogens with one attached hydrogen (secondary N) is 2. The molecule has 4 aromatic rings. The fourth-order valence-corrected chi connectivity index (χ4v) is 4.56. The van der Waals surface area contributed by atoms with Crippen LogP contribution in [0, 0.1) is 3.57 Å². The predicted octanol–water partition coefficient (Wildman–Crippen LogP) is 5.69. The highest BCUT2D eigenvalue weighted by Crippen LogP contribution is 2.35. The van der Waals surface area contributed by atoms with Crippen LogP contribution < -0.4 is 10.6 Å². The van der Waals surface area contributed by atoms with Crippen LogP contribution in [-0.4, -0.2) is 16.9 Å². The van der Waals surface area contributed by atoms with Crippen LogP contribution in [0.15, 0.2) is 53.2 Å². The number of thiophene rings is 1. The van der Waals surface area contributed by atoms with Crippen molar-refractivity contribution in [3.05, 3.63) is 62.4 Å². The number of fused-ring (bicyclic) bond motifs is 3. The van der Waals surface area contributed by atoms with E-state index in [0.29, 0.717) is 11.6 Å². The minimum Gasteiger partial charge on any atom is -0.349 e. The summed E-state index contributed by atoms with van der Waals surface area (Å²) in [5.41, 5.74) is 2.39. The highest BCUT2D eigenvalue weighted by Gasteiger charge is 2.25. The molecule has 5 rings (SSSR count). The third kappa shape index (κ3) is 3.17. The molecule has 2 aromatic heterocycles. The first-order chi connectivity index (χ1) is 13.2. The molecular formula is C21H16IN3OS. The molecule has 0 aliphatic heterocycles. The quantitative estimate of drug-likeness (QED) is 0.366. The molecule has 1 amide bonds. The number of hydrogen-bond acceptors (Lipinski definition) is 4. The number of pyridine rings is 1. The molecule has 0 radical (unpaired) electrons. The van der Waals surface area contributed by atoms with E-state index >= 15 is 0 Å². The summed E-state index contributed by atoms with van der Waals surface area (Å²) in [6.07, 6.45) is 2.13. The number of halogens is 1. The zero-order valence-corrected chi connectivity index (χ0v) is 17.3. The standard InChI is InChI=1S/C21H16IN3OS/c22-17-6-1-2-7-18(17)24-20-16-11-27-10-15(16)13-4-3-5-14(19(13)25-20)21(26)23-12-8-9-12/h1-7,10-12H,8-9H2,(H,23,26)(H,24,25). The number of hydrogen-bond donors (Lipinski definition) is 2. The molecule has 2 N–H and O–H groups in total. The first-order valence-corrected chi connectivity index (χ1v) is 10.8. The second kappa shape index (κ2) is 6.76. The van der Waals surface area contributed by atoms with Crippen molar-refractivity contribution in [3.63, 3.8) is 0 Å². The Morgan fingerprint density at radius 1 is 1.04 bits per heavy atom. The summed E-state index contributed by atoms with van der Waals surface area (Å²) in [7, 11) is 0. The van der Waals surface area contributed by atoms with Crippen molar-refractivity contribution < 1.29 is 4.79 Å². The monoisotopic (exact) mass is 485 g/mol. The van der Waals surface area contributed by atoms with E-state index in [1.807, 2.05) is 36.4 Å². The number of amides is 1. The number of benzene rings is 2. The number of anilines is 2. The molecule has 134 valence electrons. The fraction of sp³-hybridized carbons (Fsp3) is 0.143. The molecule has 1 fully saturated rings. The zero-order valence-electron chi connectivity index (χ0n) is 14.3. The van der Waals surface area contributed by atoms with Gasteiger partial charge in [0.25, 0.3) is 5.91 Å². The lowest BCUT2D eigenvalue weighted by Gasteiger charge is -2.13. The molecule has 0 atom stereocenters. The lowest BCUT2D eigenvalue weighted by atomic mass is 10.1. The van der Waals surface area contributed by atoms with Crippen molar-refractivity contribution in [1.82, 2.24) is 10.3 Å².